The van der Waals surface area contributed by atoms with E-state index < -0.39 is 5.60 Å². The number of carbonyl (C=O) groups excluding carboxylic acids is 1. The second-order valence-corrected chi connectivity index (χ2v) is 5.33. The fraction of sp³-hybridized carbons (Fsp3) is 0.692. The monoisotopic (exact) mass is 253 g/mol. The number of carbonyl (C=O) groups is 1. The van der Waals surface area contributed by atoms with Crippen molar-refractivity contribution in [2.75, 3.05) is 13.6 Å². The van der Waals surface area contributed by atoms with Crippen LogP contribution >= 0.6 is 0 Å². The minimum absolute atomic E-state index is 0.0647. The summed E-state index contributed by atoms with van der Waals surface area (Å²) in [5.74, 6) is 1.03. The summed E-state index contributed by atoms with van der Waals surface area (Å²) in [6.45, 7) is 6.50. The first-order chi connectivity index (χ1) is 8.29. The molecule has 0 aliphatic heterocycles. The van der Waals surface area contributed by atoms with E-state index in [1.807, 2.05) is 17.7 Å². The SMILES string of the molecule is Cc1nccn1CCCC(=O)N(C)CC(C)(C)O. The fourth-order valence-corrected chi connectivity index (χ4v) is 1.90. The minimum atomic E-state index is -0.842. The van der Waals surface area contributed by atoms with Crippen molar-refractivity contribution < 1.29 is 9.90 Å². The molecule has 18 heavy (non-hydrogen) atoms. The predicted molar refractivity (Wildman–Crippen MR) is 70.1 cm³/mol. The molecule has 0 atom stereocenters. The summed E-state index contributed by atoms with van der Waals surface area (Å²) in [7, 11) is 1.72. The maximum Gasteiger partial charge on any atom is 0.222 e. The van der Waals surface area contributed by atoms with Gasteiger partial charge in [0.05, 0.1) is 5.60 Å². The highest BCUT2D eigenvalue weighted by Crippen LogP contribution is 2.06. The van der Waals surface area contributed by atoms with E-state index >= 15 is 0 Å². The van der Waals surface area contributed by atoms with Gasteiger partial charge in [-0.25, -0.2) is 4.98 Å². The van der Waals surface area contributed by atoms with E-state index in [2.05, 4.69) is 4.98 Å². The lowest BCUT2D eigenvalue weighted by molar-refractivity contribution is -0.132. The Bertz CT molecular complexity index is 393. The third-order valence-electron chi connectivity index (χ3n) is 2.76. The van der Waals surface area contributed by atoms with Crippen LogP contribution in [-0.2, 0) is 11.3 Å². The first-order valence-corrected chi connectivity index (χ1v) is 6.24. The van der Waals surface area contributed by atoms with Gasteiger partial charge in [0.1, 0.15) is 5.82 Å². The first kappa shape index (κ1) is 14.7. The van der Waals surface area contributed by atoms with Crippen LogP contribution in [0.25, 0.3) is 0 Å². The lowest BCUT2D eigenvalue weighted by Crippen LogP contribution is -2.39. The quantitative estimate of drug-likeness (QED) is 0.828. The van der Waals surface area contributed by atoms with Gasteiger partial charge in [0.25, 0.3) is 0 Å². The average Bonchev–Trinajstić information content (AvgIpc) is 2.62. The number of imidazole rings is 1. The molecular formula is C13H23N3O2. The standard InChI is InChI=1S/C13H23N3O2/c1-11-14-7-9-16(11)8-5-6-12(17)15(4)10-13(2,3)18/h7,9,18H,5-6,8,10H2,1-4H3. The Labute approximate surface area is 108 Å². The van der Waals surface area contributed by atoms with Crippen molar-refractivity contribution in [1.29, 1.82) is 0 Å². The van der Waals surface area contributed by atoms with E-state index in [4.69, 9.17) is 0 Å². The fourth-order valence-electron chi connectivity index (χ4n) is 1.90. The van der Waals surface area contributed by atoms with E-state index in [9.17, 15) is 9.90 Å². The van der Waals surface area contributed by atoms with Crippen LogP contribution in [0.1, 0.15) is 32.5 Å². The molecule has 0 spiro atoms. The summed E-state index contributed by atoms with van der Waals surface area (Å²) in [6, 6.07) is 0. The molecule has 0 unspecified atom stereocenters. The zero-order valence-corrected chi connectivity index (χ0v) is 11.7. The molecule has 1 aromatic rings. The van der Waals surface area contributed by atoms with Crippen molar-refractivity contribution in [3.63, 3.8) is 0 Å². The molecule has 0 fully saturated rings. The van der Waals surface area contributed by atoms with Gasteiger partial charge in [-0.1, -0.05) is 0 Å². The number of aromatic nitrogens is 2. The summed E-state index contributed by atoms with van der Waals surface area (Å²) in [5.41, 5.74) is -0.842. The van der Waals surface area contributed by atoms with Crippen molar-refractivity contribution in [2.45, 2.75) is 45.8 Å². The van der Waals surface area contributed by atoms with Gasteiger partial charge in [-0.05, 0) is 27.2 Å². The highest BCUT2D eigenvalue weighted by atomic mass is 16.3. The second kappa shape index (κ2) is 6.00. The molecule has 0 aliphatic rings. The van der Waals surface area contributed by atoms with Crippen LogP contribution in [0, 0.1) is 6.92 Å². The topological polar surface area (TPSA) is 58.4 Å². The smallest absolute Gasteiger partial charge is 0.222 e. The van der Waals surface area contributed by atoms with Crippen molar-refractivity contribution in [1.82, 2.24) is 14.5 Å². The minimum Gasteiger partial charge on any atom is -0.389 e. The number of nitrogens with zero attached hydrogens (tertiary/aromatic N) is 3. The Morgan fingerprint density at radius 3 is 2.72 bits per heavy atom. The second-order valence-electron chi connectivity index (χ2n) is 5.33. The van der Waals surface area contributed by atoms with Crippen LogP contribution < -0.4 is 0 Å². The van der Waals surface area contributed by atoms with E-state index in [-0.39, 0.29) is 5.91 Å². The lowest BCUT2D eigenvalue weighted by Gasteiger charge is -2.25. The molecule has 0 aromatic carbocycles. The number of hydrogen-bond donors (Lipinski definition) is 1. The van der Waals surface area contributed by atoms with Gasteiger partial charge < -0.3 is 14.6 Å². The molecule has 1 heterocycles. The number of rotatable bonds is 6. The van der Waals surface area contributed by atoms with Gasteiger partial charge in [0.15, 0.2) is 0 Å². The van der Waals surface area contributed by atoms with Crippen molar-refractivity contribution in [2.24, 2.45) is 0 Å². The number of aliphatic hydroxyl groups is 1. The zero-order chi connectivity index (χ0) is 13.8. The molecule has 0 radical (unpaired) electrons. The van der Waals surface area contributed by atoms with Crippen LogP contribution in [-0.4, -0.2) is 44.7 Å². The van der Waals surface area contributed by atoms with E-state index in [1.165, 1.54) is 0 Å². The molecule has 102 valence electrons. The third-order valence-corrected chi connectivity index (χ3v) is 2.76. The molecule has 0 saturated heterocycles. The molecule has 5 heteroatoms. The lowest BCUT2D eigenvalue weighted by atomic mass is 10.1. The molecule has 1 rings (SSSR count). The number of amides is 1. The zero-order valence-electron chi connectivity index (χ0n) is 11.7. The van der Waals surface area contributed by atoms with Crippen LogP contribution in [0.3, 0.4) is 0 Å². The maximum atomic E-state index is 11.8. The van der Waals surface area contributed by atoms with Gasteiger partial charge in [-0.3, -0.25) is 4.79 Å². The van der Waals surface area contributed by atoms with Gasteiger partial charge in [0.2, 0.25) is 5.91 Å². The normalized spacial score (nSPS) is 11.6. The molecule has 5 nitrogen and oxygen atoms in total. The maximum absolute atomic E-state index is 11.8. The summed E-state index contributed by atoms with van der Waals surface area (Å²) in [5, 5.41) is 9.64. The van der Waals surface area contributed by atoms with Crippen molar-refractivity contribution in [3.8, 4) is 0 Å². The molecule has 0 aliphatic carbocycles. The number of aryl methyl sites for hydroxylation is 2. The van der Waals surface area contributed by atoms with Crippen molar-refractivity contribution >= 4 is 5.91 Å². The molecular weight excluding hydrogens is 230 g/mol. The third kappa shape index (κ3) is 4.87. The molecule has 1 aromatic heterocycles. The summed E-state index contributed by atoms with van der Waals surface area (Å²) in [4.78, 5) is 17.5. The Morgan fingerprint density at radius 2 is 2.22 bits per heavy atom. The van der Waals surface area contributed by atoms with Gasteiger partial charge >= 0.3 is 0 Å². The highest BCUT2D eigenvalue weighted by Gasteiger charge is 2.18. The Balaban J connectivity index is 2.31. The van der Waals surface area contributed by atoms with Crippen LogP contribution in [0.5, 0.6) is 0 Å². The van der Waals surface area contributed by atoms with Gasteiger partial charge in [0, 0.05) is 39.0 Å². The molecule has 1 N–H and O–H groups in total. The highest BCUT2D eigenvalue weighted by molar-refractivity contribution is 5.75. The predicted octanol–water partition coefficient (Wildman–Crippen LogP) is 1.20. The van der Waals surface area contributed by atoms with Gasteiger partial charge in [-0.2, -0.15) is 0 Å². The molecule has 1 amide bonds. The van der Waals surface area contributed by atoms with E-state index in [0.717, 1.165) is 18.8 Å². The Kier molecular flexibility index (Phi) is 4.90. The molecule has 0 bridgehead atoms. The average molecular weight is 253 g/mol. The molecule has 0 saturated carbocycles. The number of hydrogen-bond acceptors (Lipinski definition) is 3. The largest absolute Gasteiger partial charge is 0.389 e. The van der Waals surface area contributed by atoms with Crippen molar-refractivity contribution in [3.05, 3.63) is 18.2 Å². The van der Waals surface area contributed by atoms with Crippen LogP contribution in [0.15, 0.2) is 12.4 Å². The summed E-state index contributed by atoms with van der Waals surface area (Å²) < 4.78 is 2.03. The van der Waals surface area contributed by atoms with Crippen LogP contribution in [0.2, 0.25) is 0 Å². The summed E-state index contributed by atoms with van der Waals surface area (Å²) >= 11 is 0. The first-order valence-electron chi connectivity index (χ1n) is 6.24. The Hall–Kier alpha value is -1.36. The van der Waals surface area contributed by atoms with E-state index in [1.54, 1.807) is 32.0 Å². The summed E-state index contributed by atoms with van der Waals surface area (Å²) in [6.07, 6.45) is 4.95. The Morgan fingerprint density at radius 1 is 1.56 bits per heavy atom. The van der Waals surface area contributed by atoms with Gasteiger partial charge in [-0.15, -0.1) is 0 Å². The van der Waals surface area contributed by atoms with Crippen LogP contribution in [0.4, 0.5) is 0 Å². The van der Waals surface area contributed by atoms with E-state index in [0.29, 0.717) is 13.0 Å². The number of likely N-dealkylation sites (N-methyl/N-ethyl adjacent to an activating group) is 1.